The Morgan fingerprint density at radius 1 is 1.20 bits per heavy atom. The van der Waals surface area contributed by atoms with E-state index >= 15 is 0 Å². The van der Waals surface area contributed by atoms with Crippen LogP contribution >= 0.6 is 35.3 Å². The second-order valence-corrected chi connectivity index (χ2v) is 12.7. The molecule has 12 heteroatoms. The summed E-state index contributed by atoms with van der Waals surface area (Å²) in [6.45, 7) is 3.18. The molecular weight excluding hydrogens is 571 g/mol. The van der Waals surface area contributed by atoms with Crippen LogP contribution in [-0.2, 0) is 17.8 Å². The zero-order chi connectivity index (χ0) is 27.3. The molecule has 3 aromatic rings. The fourth-order valence-electron chi connectivity index (χ4n) is 6.20. The quantitative estimate of drug-likeness (QED) is 0.381. The predicted molar refractivity (Wildman–Crippen MR) is 158 cm³/mol. The molecule has 1 saturated carbocycles. The van der Waals surface area contributed by atoms with Crippen molar-refractivity contribution in [3.63, 3.8) is 0 Å². The van der Waals surface area contributed by atoms with Gasteiger partial charge in [0.2, 0.25) is 11.7 Å². The molecule has 0 bridgehead atoms. The molecule has 1 aromatic carbocycles. The number of nitrogens with one attached hydrogen (secondary N) is 2. The molecule has 3 unspecified atom stereocenters. The number of rotatable bonds is 5. The molecule has 4 N–H and O–H groups in total. The number of Topliss-reactive ketones (excluding diaryl/α,β-unsaturated/α-hetero) is 1. The lowest BCUT2D eigenvalue weighted by molar-refractivity contribution is -0.136. The average Bonchev–Trinajstić information content (AvgIpc) is 3.68. The highest BCUT2D eigenvalue weighted by molar-refractivity contribution is 7.13. The normalized spacial score (nSPS) is 24.9. The molecule has 214 valence electrons. The van der Waals surface area contributed by atoms with Gasteiger partial charge in [0.25, 0.3) is 5.91 Å². The number of nitrogens with two attached hydrogens (primary N) is 1. The number of hydrogen-bond donors (Lipinski definition) is 3. The maximum Gasteiger partial charge on any atom is 0.280 e. The molecule has 6 rings (SSSR count). The summed E-state index contributed by atoms with van der Waals surface area (Å²) in [6, 6.07) is 6.41. The van der Waals surface area contributed by atoms with Crippen LogP contribution in [0.15, 0.2) is 24.3 Å². The van der Waals surface area contributed by atoms with Crippen LogP contribution in [0.1, 0.15) is 63.0 Å². The second kappa shape index (κ2) is 11.4. The fourth-order valence-corrected chi connectivity index (χ4v) is 7.47. The van der Waals surface area contributed by atoms with Crippen LogP contribution in [-0.4, -0.2) is 75.6 Å². The van der Waals surface area contributed by atoms with Crippen molar-refractivity contribution in [1.29, 1.82) is 0 Å². The van der Waals surface area contributed by atoms with Crippen LogP contribution in [0.5, 0.6) is 0 Å². The fraction of sp³-hybridized carbons (Fsp3) is 0.500. The Balaban J connectivity index is 0.00000323. The van der Waals surface area contributed by atoms with Gasteiger partial charge >= 0.3 is 0 Å². The number of carbonyl (C=O) groups is 3. The Kier molecular flexibility index (Phi) is 8.27. The van der Waals surface area contributed by atoms with Crippen molar-refractivity contribution in [2.45, 2.75) is 56.7 Å². The lowest BCUT2D eigenvalue weighted by atomic mass is 9.70. The minimum absolute atomic E-state index is 0. The second-order valence-electron chi connectivity index (χ2n) is 11.2. The van der Waals surface area contributed by atoms with Crippen molar-refractivity contribution >= 4 is 63.8 Å². The van der Waals surface area contributed by atoms with Crippen LogP contribution in [0.25, 0.3) is 10.9 Å². The summed E-state index contributed by atoms with van der Waals surface area (Å²) in [5.41, 5.74) is 7.66. The van der Waals surface area contributed by atoms with E-state index in [4.69, 9.17) is 17.3 Å². The minimum atomic E-state index is -1.38. The van der Waals surface area contributed by atoms with Gasteiger partial charge in [0.15, 0.2) is 5.01 Å². The summed E-state index contributed by atoms with van der Waals surface area (Å²) < 4.78 is 0. The SMILES string of the molecule is CN1CCc2nc(C(=O)NC3CC(C(=O)N4CCCC4)CCC3(N)C(=O)c3cc4cc(Cl)ccc4[nH]3)sc2C1.Cl. The molecule has 9 nitrogen and oxygen atoms in total. The number of likely N-dealkylation sites (tertiary alicyclic amines) is 1. The number of fused-ring (bicyclic) bond motifs is 2. The first-order valence-corrected chi connectivity index (χ1v) is 14.8. The van der Waals surface area contributed by atoms with Crippen LogP contribution in [0.3, 0.4) is 0 Å². The molecule has 3 atom stereocenters. The Labute approximate surface area is 248 Å². The Morgan fingerprint density at radius 3 is 2.75 bits per heavy atom. The highest BCUT2D eigenvalue weighted by Crippen LogP contribution is 2.36. The largest absolute Gasteiger partial charge is 0.352 e. The maximum atomic E-state index is 14.0. The Morgan fingerprint density at radius 2 is 1.98 bits per heavy atom. The van der Waals surface area contributed by atoms with E-state index in [1.807, 2.05) is 18.0 Å². The van der Waals surface area contributed by atoms with Crippen molar-refractivity contribution < 1.29 is 14.4 Å². The summed E-state index contributed by atoms with van der Waals surface area (Å²) in [5, 5.41) is 4.82. The number of benzene rings is 1. The monoisotopic (exact) mass is 604 g/mol. The molecule has 2 aromatic heterocycles. The standard InChI is InChI=1S/C28H33ClN6O3S.ClH/c1-34-11-7-20-22(15-34)39-26(32-20)25(37)33-23-14-16(27(38)35-9-2-3-10-35)6-8-28(23,30)24(36)21-13-17-12-18(29)4-5-19(17)31-21;/h4-5,12-13,16,23,31H,2-3,6-11,14-15,30H2,1H3,(H,33,37);1H. The van der Waals surface area contributed by atoms with E-state index in [-0.39, 0.29) is 42.3 Å². The van der Waals surface area contributed by atoms with Crippen molar-refractivity contribution in [3.05, 3.63) is 50.6 Å². The number of hydrogen-bond acceptors (Lipinski definition) is 7. The molecule has 4 heterocycles. The summed E-state index contributed by atoms with van der Waals surface area (Å²) in [4.78, 5) is 53.8. The highest BCUT2D eigenvalue weighted by atomic mass is 35.5. The number of ketones is 1. The molecule has 0 radical (unpaired) electrons. The molecule has 3 aliphatic rings. The molecule has 1 saturated heterocycles. The van der Waals surface area contributed by atoms with Crippen LogP contribution in [0, 0.1) is 5.92 Å². The van der Waals surface area contributed by atoms with Gasteiger partial charge in [-0.05, 0) is 63.4 Å². The van der Waals surface area contributed by atoms with Crippen molar-refractivity contribution in [1.82, 2.24) is 25.1 Å². The lowest BCUT2D eigenvalue weighted by Gasteiger charge is -2.43. The van der Waals surface area contributed by atoms with E-state index in [0.29, 0.717) is 28.6 Å². The number of carbonyl (C=O) groups excluding carboxylic acids is 3. The molecular formula is C28H34Cl2N6O3S. The van der Waals surface area contributed by atoms with Crippen LogP contribution in [0.4, 0.5) is 0 Å². The van der Waals surface area contributed by atoms with Gasteiger partial charge in [0, 0.05) is 59.3 Å². The predicted octanol–water partition coefficient (Wildman–Crippen LogP) is 3.79. The van der Waals surface area contributed by atoms with E-state index in [1.165, 1.54) is 11.3 Å². The van der Waals surface area contributed by atoms with E-state index in [1.54, 1.807) is 18.2 Å². The summed E-state index contributed by atoms with van der Waals surface area (Å²) in [5.74, 6) is -0.832. The van der Waals surface area contributed by atoms with Gasteiger partial charge in [-0.3, -0.25) is 14.4 Å². The van der Waals surface area contributed by atoms with Gasteiger partial charge < -0.3 is 25.8 Å². The topological polar surface area (TPSA) is 124 Å². The maximum absolute atomic E-state index is 14.0. The first kappa shape index (κ1) is 29.0. The third-order valence-corrected chi connectivity index (χ3v) is 9.80. The van der Waals surface area contributed by atoms with Crippen LogP contribution < -0.4 is 11.1 Å². The number of halogens is 2. The average molecular weight is 606 g/mol. The van der Waals surface area contributed by atoms with E-state index in [2.05, 4.69) is 20.2 Å². The molecule has 2 fully saturated rings. The molecule has 2 amide bonds. The molecule has 2 aliphatic heterocycles. The molecule has 0 spiro atoms. The Hall–Kier alpha value is -2.50. The van der Waals surface area contributed by atoms with Gasteiger partial charge in [-0.1, -0.05) is 11.6 Å². The van der Waals surface area contributed by atoms with Crippen molar-refractivity contribution in [2.75, 3.05) is 26.7 Å². The Bertz CT molecular complexity index is 1450. The van der Waals surface area contributed by atoms with Gasteiger partial charge in [-0.25, -0.2) is 4.98 Å². The van der Waals surface area contributed by atoms with Gasteiger partial charge in [0.1, 0.15) is 5.54 Å². The van der Waals surface area contributed by atoms with Gasteiger partial charge in [-0.15, -0.1) is 23.7 Å². The first-order valence-electron chi connectivity index (χ1n) is 13.6. The highest BCUT2D eigenvalue weighted by Gasteiger charge is 2.49. The zero-order valence-electron chi connectivity index (χ0n) is 22.4. The van der Waals surface area contributed by atoms with E-state index in [9.17, 15) is 14.4 Å². The van der Waals surface area contributed by atoms with E-state index < -0.39 is 11.6 Å². The van der Waals surface area contributed by atoms with Gasteiger partial charge in [-0.2, -0.15) is 0 Å². The first-order chi connectivity index (χ1) is 18.7. The van der Waals surface area contributed by atoms with E-state index in [0.717, 1.165) is 66.9 Å². The number of nitrogens with zero attached hydrogens (tertiary/aromatic N) is 3. The minimum Gasteiger partial charge on any atom is -0.352 e. The smallest absolute Gasteiger partial charge is 0.280 e. The van der Waals surface area contributed by atoms with Gasteiger partial charge in [0.05, 0.1) is 17.4 Å². The number of aromatic amines is 1. The number of thiazole rings is 1. The number of likely N-dealkylation sites (N-methyl/N-ethyl adjacent to an activating group) is 1. The van der Waals surface area contributed by atoms with Crippen molar-refractivity contribution in [3.8, 4) is 0 Å². The lowest BCUT2D eigenvalue weighted by Crippen LogP contribution is -2.66. The third kappa shape index (κ3) is 5.39. The summed E-state index contributed by atoms with van der Waals surface area (Å²) in [7, 11) is 2.05. The summed E-state index contributed by atoms with van der Waals surface area (Å²) in [6.07, 6.45) is 3.90. The molecule has 40 heavy (non-hydrogen) atoms. The number of H-pyrrole nitrogens is 1. The van der Waals surface area contributed by atoms with Crippen molar-refractivity contribution in [2.24, 2.45) is 11.7 Å². The number of aromatic nitrogens is 2. The third-order valence-electron chi connectivity index (χ3n) is 8.49. The number of amides is 2. The zero-order valence-corrected chi connectivity index (χ0v) is 24.8. The van der Waals surface area contributed by atoms with Crippen LogP contribution in [0.2, 0.25) is 5.02 Å². The molecule has 1 aliphatic carbocycles. The summed E-state index contributed by atoms with van der Waals surface area (Å²) >= 11 is 7.54.